The molecule has 0 amide bonds. The number of hydrogen-bond donors (Lipinski definition) is 3. The summed E-state index contributed by atoms with van der Waals surface area (Å²) in [6, 6.07) is 7.94. The first-order chi connectivity index (χ1) is 15.5. The number of carbonyl (C=O) groups is 1. The number of carboxylic acids is 1. The number of aliphatic carboxylic acids is 1. The van der Waals surface area contributed by atoms with Crippen LogP contribution in [-0.4, -0.2) is 61.1 Å². The minimum atomic E-state index is -3.34. The highest BCUT2D eigenvalue weighted by Gasteiger charge is 2.55. The largest absolute Gasteiger partial charge is 0.480 e. The molecule has 2 unspecified atom stereocenters. The van der Waals surface area contributed by atoms with Gasteiger partial charge >= 0.3 is 11.7 Å². The summed E-state index contributed by atoms with van der Waals surface area (Å²) in [6.45, 7) is 1.70. The molecule has 0 bridgehead atoms. The van der Waals surface area contributed by atoms with Gasteiger partial charge in [0.15, 0.2) is 11.9 Å². The van der Waals surface area contributed by atoms with Crippen LogP contribution in [-0.2, 0) is 18.6 Å². The van der Waals surface area contributed by atoms with Gasteiger partial charge in [-0.3, -0.25) is 13.9 Å². The first-order valence-corrected chi connectivity index (χ1v) is 11.1. The Bertz CT molecular complexity index is 1070. The molecule has 1 aromatic carbocycles. The fourth-order valence-electron chi connectivity index (χ4n) is 3.14. The number of nitrogens with zero attached hydrogens (tertiary/aromatic N) is 3. The Hall–Kier alpha value is -2.83. The number of ether oxygens (including phenoxy) is 1. The molecule has 1 saturated heterocycles. The molecule has 12 nitrogen and oxygen atoms in total. The average molecular weight is 486 g/mol. The zero-order valence-corrected chi connectivity index (χ0v) is 18.7. The van der Waals surface area contributed by atoms with Gasteiger partial charge < -0.3 is 30.0 Å². The molecule has 3 rings (SSSR count). The van der Waals surface area contributed by atoms with Gasteiger partial charge in [0.25, 0.3) is 8.18 Å². The molecular formula is C19H24FN4O8P. The molecule has 0 aliphatic carbocycles. The Morgan fingerprint density at radius 1 is 1.42 bits per heavy atom. The van der Waals surface area contributed by atoms with E-state index in [9.17, 15) is 24.4 Å². The molecule has 4 N–H and O–H groups in total. The Morgan fingerprint density at radius 2 is 2.09 bits per heavy atom. The van der Waals surface area contributed by atoms with Crippen molar-refractivity contribution in [3.8, 4) is 5.75 Å². The standard InChI is InChI=1S/C19H24FN4O8P/c1-11(16(26)27)24(32-12-6-4-3-5-7-12)33(29)30-10-13-15(25)19(2,20)17(31-13)23-9-8-14(21)22-18(23)28/h3-9,11,13,15,17,25,33H,10H2,1-2H3,(H,26,27)(H2,21,22,28)/t11?,13-,15-,17-,19-/m1/s1. The van der Waals surface area contributed by atoms with Crippen LogP contribution in [0.25, 0.3) is 0 Å². The van der Waals surface area contributed by atoms with E-state index in [1.165, 1.54) is 31.3 Å². The van der Waals surface area contributed by atoms with E-state index < -0.39 is 56.6 Å². The third-order valence-corrected chi connectivity index (χ3v) is 6.28. The van der Waals surface area contributed by atoms with Gasteiger partial charge in [-0.25, -0.2) is 9.18 Å². The number of nitrogens with two attached hydrogens (primary N) is 1. The molecule has 0 spiro atoms. The van der Waals surface area contributed by atoms with Gasteiger partial charge in [-0.1, -0.05) is 23.0 Å². The molecule has 1 aliphatic heterocycles. The number of para-hydroxylation sites is 1. The molecular weight excluding hydrogens is 462 g/mol. The number of halogens is 1. The topological polar surface area (TPSA) is 166 Å². The van der Waals surface area contributed by atoms with E-state index in [-0.39, 0.29) is 11.6 Å². The fraction of sp³-hybridized carbons (Fsp3) is 0.421. The van der Waals surface area contributed by atoms with Crippen molar-refractivity contribution in [3.05, 3.63) is 53.1 Å². The number of aliphatic hydroxyl groups is 1. The first kappa shape index (κ1) is 24.8. The van der Waals surface area contributed by atoms with E-state index in [2.05, 4.69) is 4.98 Å². The van der Waals surface area contributed by atoms with Crippen LogP contribution >= 0.6 is 8.18 Å². The maximum absolute atomic E-state index is 15.3. The number of nitrogen functional groups attached to an aromatic ring is 1. The lowest BCUT2D eigenvalue weighted by Gasteiger charge is -2.26. The van der Waals surface area contributed by atoms with Crippen LogP contribution in [0.2, 0.25) is 0 Å². The first-order valence-electron chi connectivity index (χ1n) is 9.81. The quantitative estimate of drug-likeness (QED) is 0.342. The number of alkyl halides is 1. The lowest BCUT2D eigenvalue weighted by atomic mass is 9.98. The van der Waals surface area contributed by atoms with Crippen molar-refractivity contribution in [1.29, 1.82) is 0 Å². The Morgan fingerprint density at radius 3 is 2.70 bits per heavy atom. The molecule has 2 heterocycles. The number of hydrogen-bond acceptors (Lipinski definition) is 9. The van der Waals surface area contributed by atoms with Crippen LogP contribution in [0.1, 0.15) is 20.1 Å². The van der Waals surface area contributed by atoms with Crippen LogP contribution in [0.15, 0.2) is 47.4 Å². The average Bonchev–Trinajstić information content (AvgIpc) is 2.99. The van der Waals surface area contributed by atoms with Crippen LogP contribution in [0.4, 0.5) is 10.2 Å². The van der Waals surface area contributed by atoms with E-state index in [1.807, 2.05) is 0 Å². The third-order valence-electron chi connectivity index (χ3n) is 5.03. The van der Waals surface area contributed by atoms with Crippen molar-refractivity contribution < 1.29 is 38.1 Å². The van der Waals surface area contributed by atoms with E-state index >= 15 is 4.39 Å². The molecule has 0 saturated carbocycles. The molecule has 1 aliphatic rings. The summed E-state index contributed by atoms with van der Waals surface area (Å²) < 4.78 is 39.6. The minimum Gasteiger partial charge on any atom is -0.480 e. The monoisotopic (exact) mass is 486 g/mol. The van der Waals surface area contributed by atoms with Gasteiger partial charge in [0.05, 0.1) is 6.61 Å². The maximum atomic E-state index is 15.3. The van der Waals surface area contributed by atoms with Crippen molar-refractivity contribution >= 4 is 20.0 Å². The number of benzene rings is 1. The predicted octanol–water partition coefficient (Wildman–Crippen LogP) is 0.987. The molecule has 6 atom stereocenters. The number of hydroxylamine groups is 1. The summed E-state index contributed by atoms with van der Waals surface area (Å²) >= 11 is 0. The normalized spacial score (nSPS) is 26.8. The molecule has 14 heteroatoms. The zero-order chi connectivity index (χ0) is 24.3. The maximum Gasteiger partial charge on any atom is 0.351 e. The smallest absolute Gasteiger partial charge is 0.351 e. The number of aliphatic hydroxyl groups excluding tert-OH is 1. The van der Waals surface area contributed by atoms with Crippen LogP contribution in [0.3, 0.4) is 0 Å². The van der Waals surface area contributed by atoms with Gasteiger partial charge in [-0.05, 0) is 32.0 Å². The second-order valence-electron chi connectivity index (χ2n) is 7.49. The Kier molecular flexibility index (Phi) is 7.50. The summed E-state index contributed by atoms with van der Waals surface area (Å²) in [4.78, 5) is 33.1. The zero-order valence-electron chi connectivity index (χ0n) is 17.7. The SMILES string of the molecule is CC(C(=O)O)N(Oc1ccccc1)[PH](=O)OC[C@H]1O[C@@H](n2ccc(N)nc2=O)[C@](C)(F)[C@@H]1O. The molecule has 180 valence electrons. The third kappa shape index (κ3) is 5.40. The minimum absolute atomic E-state index is 0.0695. The summed E-state index contributed by atoms with van der Waals surface area (Å²) in [5.41, 5.74) is 2.12. The molecule has 1 aromatic heterocycles. The van der Waals surface area contributed by atoms with Gasteiger partial charge in [-0.15, -0.1) is 0 Å². The number of carboxylic acid groups (broad SMARTS) is 1. The van der Waals surface area contributed by atoms with Crippen LogP contribution in [0.5, 0.6) is 5.75 Å². The van der Waals surface area contributed by atoms with Crippen molar-refractivity contribution in [2.45, 2.75) is 44.0 Å². The van der Waals surface area contributed by atoms with E-state index in [0.717, 1.165) is 11.5 Å². The summed E-state index contributed by atoms with van der Waals surface area (Å²) in [7, 11) is -3.34. The number of anilines is 1. The van der Waals surface area contributed by atoms with E-state index in [4.69, 9.17) is 19.8 Å². The lowest BCUT2D eigenvalue weighted by Crippen LogP contribution is -2.43. The van der Waals surface area contributed by atoms with Crippen molar-refractivity contribution in [1.82, 2.24) is 14.4 Å². The fourth-order valence-corrected chi connectivity index (χ4v) is 4.18. The van der Waals surface area contributed by atoms with E-state index in [0.29, 0.717) is 4.83 Å². The highest BCUT2D eigenvalue weighted by atomic mass is 31.1. The van der Waals surface area contributed by atoms with Gasteiger partial charge in [-0.2, -0.15) is 4.98 Å². The Balaban J connectivity index is 1.73. The summed E-state index contributed by atoms with van der Waals surface area (Å²) in [5, 5.41) is 19.7. The van der Waals surface area contributed by atoms with Gasteiger partial charge in [0.1, 0.15) is 29.8 Å². The number of aromatic nitrogens is 2. The van der Waals surface area contributed by atoms with Gasteiger partial charge in [0.2, 0.25) is 0 Å². The predicted molar refractivity (Wildman–Crippen MR) is 113 cm³/mol. The van der Waals surface area contributed by atoms with Crippen molar-refractivity contribution in [2.24, 2.45) is 0 Å². The number of rotatable bonds is 9. The summed E-state index contributed by atoms with van der Waals surface area (Å²) in [5.74, 6) is -1.17. The van der Waals surface area contributed by atoms with Crippen molar-refractivity contribution in [3.63, 3.8) is 0 Å². The molecule has 33 heavy (non-hydrogen) atoms. The Labute approximate surface area is 188 Å². The second-order valence-corrected chi connectivity index (χ2v) is 8.75. The van der Waals surface area contributed by atoms with Crippen molar-refractivity contribution in [2.75, 3.05) is 12.3 Å². The summed E-state index contributed by atoms with van der Waals surface area (Å²) in [6.07, 6.45) is -3.47. The molecule has 1 fully saturated rings. The van der Waals surface area contributed by atoms with Crippen LogP contribution in [0, 0.1) is 0 Å². The van der Waals surface area contributed by atoms with E-state index in [1.54, 1.807) is 18.2 Å². The highest BCUT2D eigenvalue weighted by molar-refractivity contribution is 7.36. The van der Waals surface area contributed by atoms with Crippen LogP contribution < -0.4 is 16.3 Å². The molecule has 2 aromatic rings. The second kappa shape index (κ2) is 9.98. The van der Waals surface area contributed by atoms with Gasteiger partial charge in [0, 0.05) is 6.20 Å². The highest BCUT2D eigenvalue weighted by Crippen LogP contribution is 2.42. The lowest BCUT2D eigenvalue weighted by molar-refractivity contribution is -0.148. The molecule has 0 radical (unpaired) electrons.